The Morgan fingerprint density at radius 1 is 1.27 bits per heavy atom. The lowest BCUT2D eigenvalue weighted by Crippen LogP contribution is -2.40. The minimum Gasteiger partial charge on any atom is -0.469 e. The van der Waals surface area contributed by atoms with E-state index in [1.54, 1.807) is 18.7 Å². The Balaban J connectivity index is 2.78. The molecular formula is C17H25N3O6. The highest BCUT2D eigenvalue weighted by molar-refractivity contribution is 5.92. The van der Waals surface area contributed by atoms with E-state index >= 15 is 0 Å². The maximum atomic E-state index is 12.4. The van der Waals surface area contributed by atoms with E-state index in [2.05, 4.69) is 10.1 Å². The molecule has 0 saturated carbocycles. The van der Waals surface area contributed by atoms with Gasteiger partial charge in [-0.2, -0.15) is 5.26 Å². The van der Waals surface area contributed by atoms with Crippen LogP contribution in [0.2, 0.25) is 0 Å². The van der Waals surface area contributed by atoms with Crippen LogP contribution in [0.25, 0.3) is 0 Å². The van der Waals surface area contributed by atoms with E-state index in [1.807, 2.05) is 6.07 Å². The monoisotopic (exact) mass is 367 g/mol. The number of nitrogens with zero attached hydrogens (tertiary/aromatic N) is 2. The number of methoxy groups -OCH3 is 3. The Morgan fingerprint density at radius 2 is 1.92 bits per heavy atom. The molecule has 0 fully saturated rings. The molecule has 9 heteroatoms. The Morgan fingerprint density at radius 3 is 2.46 bits per heavy atom. The summed E-state index contributed by atoms with van der Waals surface area (Å²) in [5.41, 5.74) is 0.979. The van der Waals surface area contributed by atoms with E-state index in [0.29, 0.717) is 16.9 Å². The second-order valence-electron chi connectivity index (χ2n) is 5.61. The van der Waals surface area contributed by atoms with Crippen molar-refractivity contribution in [2.75, 3.05) is 46.3 Å². The summed E-state index contributed by atoms with van der Waals surface area (Å²) in [6.45, 7) is 3.99. The van der Waals surface area contributed by atoms with Gasteiger partial charge in [-0.3, -0.25) is 19.8 Å². The summed E-state index contributed by atoms with van der Waals surface area (Å²) in [6.07, 6.45) is -0.435. The van der Waals surface area contributed by atoms with Gasteiger partial charge in [0.1, 0.15) is 17.4 Å². The molecule has 26 heavy (non-hydrogen) atoms. The Kier molecular flexibility index (Phi) is 8.78. The Bertz CT molecular complexity index is 660. The Hall–Kier alpha value is -2.41. The van der Waals surface area contributed by atoms with Crippen LogP contribution in [0.5, 0.6) is 0 Å². The van der Waals surface area contributed by atoms with Gasteiger partial charge in [0, 0.05) is 26.3 Å². The third-order valence-electron chi connectivity index (χ3n) is 3.91. The van der Waals surface area contributed by atoms with Gasteiger partial charge in [-0.15, -0.1) is 0 Å². The second kappa shape index (κ2) is 10.6. The van der Waals surface area contributed by atoms with Crippen LogP contribution in [0, 0.1) is 25.2 Å². The predicted molar refractivity (Wildman–Crippen MR) is 92.4 cm³/mol. The van der Waals surface area contributed by atoms with Crippen molar-refractivity contribution in [2.45, 2.75) is 26.6 Å². The molecule has 1 aromatic rings. The molecule has 144 valence electrons. The molecule has 0 aromatic carbocycles. The number of hydrogen-bond acceptors (Lipinski definition) is 8. The molecule has 1 heterocycles. The fraction of sp³-hybridized carbons (Fsp3) is 0.588. The smallest absolute Gasteiger partial charge is 0.306 e. The zero-order valence-electron chi connectivity index (χ0n) is 15.7. The van der Waals surface area contributed by atoms with Gasteiger partial charge in [-0.05, 0) is 13.8 Å². The molecule has 0 radical (unpaired) electrons. The van der Waals surface area contributed by atoms with Crippen molar-refractivity contribution in [3.8, 4) is 6.07 Å². The minimum atomic E-state index is -0.553. The lowest BCUT2D eigenvalue weighted by Gasteiger charge is -2.25. The highest BCUT2D eigenvalue weighted by Gasteiger charge is 2.21. The maximum Gasteiger partial charge on any atom is 0.306 e. The highest BCUT2D eigenvalue weighted by atomic mass is 16.7. The lowest BCUT2D eigenvalue weighted by molar-refractivity contribution is -0.142. The van der Waals surface area contributed by atoms with E-state index in [1.165, 1.54) is 21.3 Å². The summed E-state index contributed by atoms with van der Waals surface area (Å²) in [7, 11) is 4.28. The molecule has 0 aliphatic rings. The molecule has 0 bridgehead atoms. The number of nitriles is 1. The summed E-state index contributed by atoms with van der Waals surface area (Å²) < 4.78 is 20.3. The number of rotatable bonds is 10. The van der Waals surface area contributed by atoms with Crippen LogP contribution in [0.3, 0.4) is 0 Å². The van der Waals surface area contributed by atoms with Gasteiger partial charge in [-0.1, -0.05) is 0 Å². The lowest BCUT2D eigenvalue weighted by atomic mass is 10.2. The second-order valence-corrected chi connectivity index (χ2v) is 5.61. The number of ether oxygens (including phenoxy) is 3. The largest absolute Gasteiger partial charge is 0.469 e. The SMILES string of the molecule is COC(=O)CCN(CC(=O)Nc1oc(C)c(C)c1C#N)CC(OC)OC. The molecule has 1 N–H and O–H groups in total. The number of carbonyl (C=O) groups is 2. The molecule has 0 atom stereocenters. The highest BCUT2D eigenvalue weighted by Crippen LogP contribution is 2.25. The number of anilines is 1. The number of esters is 1. The summed E-state index contributed by atoms with van der Waals surface area (Å²) in [4.78, 5) is 25.4. The quantitative estimate of drug-likeness (QED) is 0.484. The first-order valence-electron chi connectivity index (χ1n) is 8.00. The number of aryl methyl sites for hydroxylation is 1. The normalized spacial score (nSPS) is 10.8. The van der Waals surface area contributed by atoms with E-state index in [4.69, 9.17) is 13.9 Å². The van der Waals surface area contributed by atoms with E-state index in [0.717, 1.165) is 0 Å². The molecule has 0 unspecified atom stereocenters. The zero-order chi connectivity index (χ0) is 19.7. The summed E-state index contributed by atoms with van der Waals surface area (Å²) in [5.74, 6) is -0.0782. The first kappa shape index (κ1) is 21.6. The molecule has 0 aliphatic carbocycles. The number of furan rings is 1. The summed E-state index contributed by atoms with van der Waals surface area (Å²) in [6, 6.07) is 2.02. The van der Waals surface area contributed by atoms with E-state index in [9.17, 15) is 14.9 Å². The molecule has 9 nitrogen and oxygen atoms in total. The summed E-state index contributed by atoms with van der Waals surface area (Å²) in [5, 5.41) is 11.8. The van der Waals surface area contributed by atoms with Gasteiger partial charge in [0.25, 0.3) is 0 Å². The van der Waals surface area contributed by atoms with Crippen molar-refractivity contribution >= 4 is 17.8 Å². The van der Waals surface area contributed by atoms with Crippen LogP contribution in [0.4, 0.5) is 5.88 Å². The van der Waals surface area contributed by atoms with Crippen LogP contribution in [0.1, 0.15) is 23.3 Å². The molecule has 1 rings (SSSR count). The van der Waals surface area contributed by atoms with Crippen LogP contribution in [-0.2, 0) is 23.8 Å². The first-order chi connectivity index (χ1) is 12.4. The van der Waals surface area contributed by atoms with Crippen LogP contribution in [0.15, 0.2) is 4.42 Å². The molecule has 0 aliphatic heterocycles. The number of amides is 1. The van der Waals surface area contributed by atoms with E-state index < -0.39 is 6.29 Å². The average molecular weight is 367 g/mol. The van der Waals surface area contributed by atoms with Crippen LogP contribution >= 0.6 is 0 Å². The fourth-order valence-corrected chi connectivity index (χ4v) is 2.26. The number of nitrogens with one attached hydrogen (secondary N) is 1. The average Bonchev–Trinajstić information content (AvgIpc) is 2.89. The van der Waals surface area contributed by atoms with Crippen molar-refractivity contribution in [1.82, 2.24) is 4.90 Å². The number of carbonyl (C=O) groups excluding carboxylic acids is 2. The van der Waals surface area contributed by atoms with Gasteiger partial charge in [0.2, 0.25) is 11.8 Å². The maximum absolute atomic E-state index is 12.4. The van der Waals surface area contributed by atoms with Crippen molar-refractivity contribution in [3.05, 3.63) is 16.9 Å². The topological polar surface area (TPSA) is 114 Å². The fourth-order valence-electron chi connectivity index (χ4n) is 2.26. The van der Waals surface area contributed by atoms with Crippen LogP contribution < -0.4 is 5.32 Å². The Labute approximate surface area is 152 Å². The van der Waals surface area contributed by atoms with Gasteiger partial charge in [0.15, 0.2) is 6.29 Å². The van der Waals surface area contributed by atoms with Gasteiger partial charge >= 0.3 is 5.97 Å². The first-order valence-corrected chi connectivity index (χ1v) is 8.00. The third kappa shape index (κ3) is 6.15. The van der Waals surface area contributed by atoms with Crippen LogP contribution in [-0.4, -0.2) is 64.0 Å². The van der Waals surface area contributed by atoms with E-state index in [-0.39, 0.29) is 43.8 Å². The number of hydrogen-bond donors (Lipinski definition) is 1. The minimum absolute atomic E-state index is 0.0378. The summed E-state index contributed by atoms with van der Waals surface area (Å²) >= 11 is 0. The molecule has 1 aromatic heterocycles. The zero-order valence-corrected chi connectivity index (χ0v) is 15.7. The van der Waals surface area contributed by atoms with Gasteiger partial charge in [0.05, 0.1) is 26.6 Å². The molecule has 0 spiro atoms. The van der Waals surface area contributed by atoms with Crippen molar-refractivity contribution in [2.24, 2.45) is 0 Å². The molecule has 0 saturated heterocycles. The third-order valence-corrected chi connectivity index (χ3v) is 3.91. The standard InChI is InChI=1S/C17H25N3O6/c1-11-12(2)26-17(13(11)8-18)19-14(21)9-20(7-6-15(22)23-3)10-16(24-4)25-5/h16H,6-7,9-10H2,1-5H3,(H,19,21). The van der Waals surface area contributed by atoms with Gasteiger partial charge < -0.3 is 18.6 Å². The molecular weight excluding hydrogens is 342 g/mol. The molecule has 1 amide bonds. The van der Waals surface area contributed by atoms with Crippen molar-refractivity contribution in [1.29, 1.82) is 5.26 Å². The van der Waals surface area contributed by atoms with Gasteiger partial charge in [-0.25, -0.2) is 0 Å². The van der Waals surface area contributed by atoms with Crippen molar-refractivity contribution in [3.63, 3.8) is 0 Å². The van der Waals surface area contributed by atoms with Crippen molar-refractivity contribution < 1.29 is 28.2 Å². The predicted octanol–water partition coefficient (Wildman–Crippen LogP) is 1.19.